The van der Waals surface area contributed by atoms with E-state index in [0.717, 1.165) is 25.7 Å². The number of para-hydroxylation sites is 1. The molecule has 2 rings (SSSR count). The number of aromatic hydroxyl groups is 1. The highest BCUT2D eigenvalue weighted by atomic mass is 16.5. The van der Waals surface area contributed by atoms with Gasteiger partial charge in [0.1, 0.15) is 11.3 Å². The fraction of sp³-hybridized carbons (Fsp3) is 0.391. The Morgan fingerprint density at radius 2 is 1.70 bits per heavy atom. The van der Waals surface area contributed by atoms with Gasteiger partial charge in [0.2, 0.25) is 0 Å². The molecule has 2 N–H and O–H groups in total. The van der Waals surface area contributed by atoms with Crippen molar-refractivity contribution < 1.29 is 34.0 Å². The number of benzene rings is 2. The van der Waals surface area contributed by atoms with Crippen molar-refractivity contribution in [3.05, 3.63) is 53.6 Å². The average molecular weight is 418 g/mol. The number of methoxy groups -OCH3 is 1. The van der Waals surface area contributed by atoms with E-state index in [1.165, 1.54) is 19.2 Å². The van der Waals surface area contributed by atoms with Gasteiger partial charge in [-0.25, -0.2) is 9.59 Å². The lowest BCUT2D eigenvalue weighted by Crippen LogP contribution is -2.06. The molecule has 0 aliphatic rings. The van der Waals surface area contributed by atoms with E-state index in [2.05, 4.69) is 6.92 Å². The lowest BCUT2D eigenvalue weighted by molar-refractivity contribution is 0.0496. The zero-order valence-corrected chi connectivity index (χ0v) is 17.7. The Kier molecular flexibility index (Phi) is 11.5. The number of esters is 1. The third-order valence-corrected chi connectivity index (χ3v) is 4.06. The molecule has 7 heteroatoms. The molecule has 30 heavy (non-hydrogen) atoms. The second-order valence-corrected chi connectivity index (χ2v) is 6.32. The van der Waals surface area contributed by atoms with Crippen molar-refractivity contribution >= 4 is 11.9 Å². The number of unbranched alkanes of at least 4 members (excludes halogenated alkanes) is 3. The first-order chi connectivity index (χ1) is 14.4. The van der Waals surface area contributed by atoms with Crippen LogP contribution in [0.2, 0.25) is 0 Å². The number of hydrogen-bond donors (Lipinski definition) is 2. The van der Waals surface area contributed by atoms with E-state index >= 15 is 0 Å². The van der Waals surface area contributed by atoms with Crippen LogP contribution < -0.4 is 9.47 Å². The van der Waals surface area contributed by atoms with Gasteiger partial charge in [-0.15, -0.1) is 0 Å². The minimum absolute atomic E-state index is 0.0575. The molecule has 0 heterocycles. The number of carboxylic acid groups (broad SMARTS) is 1. The van der Waals surface area contributed by atoms with Gasteiger partial charge in [-0.3, -0.25) is 0 Å². The Balaban J connectivity index is 0.000000325. The summed E-state index contributed by atoms with van der Waals surface area (Å²) in [6.07, 6.45) is 4.25. The maximum absolute atomic E-state index is 11.7. The van der Waals surface area contributed by atoms with E-state index in [1.807, 2.05) is 6.92 Å². The molecule has 0 fully saturated rings. The van der Waals surface area contributed by atoms with Gasteiger partial charge in [0.05, 0.1) is 25.9 Å². The standard InChI is InChI=1S/C14H20O4.C9H10O3/c1-3-4-5-6-9-18-14(16)11-7-8-13(17-2)12(15)10-11;1-2-12-8-6-4-3-5-7(8)9(10)11/h7-8,10,15H,3-6,9H2,1-2H3;3-6H,2H2,1H3,(H,10,11). The Bertz CT molecular complexity index is 802. The molecule has 0 aliphatic carbocycles. The first kappa shape index (κ1) is 24.8. The minimum atomic E-state index is -0.959. The van der Waals surface area contributed by atoms with Crippen LogP contribution in [0.5, 0.6) is 17.2 Å². The van der Waals surface area contributed by atoms with Crippen LogP contribution in [0.15, 0.2) is 42.5 Å². The molecule has 0 unspecified atom stereocenters. The zero-order chi connectivity index (χ0) is 22.4. The summed E-state index contributed by atoms with van der Waals surface area (Å²) in [7, 11) is 1.46. The van der Waals surface area contributed by atoms with Crippen molar-refractivity contribution in [2.75, 3.05) is 20.3 Å². The van der Waals surface area contributed by atoms with Gasteiger partial charge in [0, 0.05) is 0 Å². The van der Waals surface area contributed by atoms with Gasteiger partial charge in [0.15, 0.2) is 11.5 Å². The first-order valence-corrected chi connectivity index (χ1v) is 9.93. The molecule has 0 aliphatic heterocycles. The summed E-state index contributed by atoms with van der Waals surface area (Å²) in [6.45, 7) is 4.85. The smallest absolute Gasteiger partial charge is 0.339 e. The molecule has 0 amide bonds. The highest BCUT2D eigenvalue weighted by Crippen LogP contribution is 2.26. The number of carbonyl (C=O) groups is 2. The van der Waals surface area contributed by atoms with Gasteiger partial charge in [-0.2, -0.15) is 0 Å². The second kappa shape index (κ2) is 13.9. The maximum Gasteiger partial charge on any atom is 0.339 e. The SMILES string of the molecule is CCCCCCOC(=O)c1ccc(OC)c(O)c1.CCOc1ccccc1C(=O)O. The molecule has 7 nitrogen and oxygen atoms in total. The summed E-state index contributed by atoms with van der Waals surface area (Å²) in [5.41, 5.74) is 0.545. The quantitative estimate of drug-likeness (QED) is 0.417. The zero-order valence-electron chi connectivity index (χ0n) is 17.7. The minimum Gasteiger partial charge on any atom is -0.504 e. The van der Waals surface area contributed by atoms with Gasteiger partial charge in [0.25, 0.3) is 0 Å². The van der Waals surface area contributed by atoms with Gasteiger partial charge >= 0.3 is 11.9 Å². The Morgan fingerprint density at radius 3 is 2.30 bits per heavy atom. The van der Waals surface area contributed by atoms with E-state index in [9.17, 15) is 14.7 Å². The van der Waals surface area contributed by atoms with Crippen LogP contribution in [0.4, 0.5) is 0 Å². The maximum atomic E-state index is 11.7. The number of aromatic carboxylic acids is 1. The number of rotatable bonds is 10. The molecule has 0 atom stereocenters. The Morgan fingerprint density at radius 1 is 0.967 bits per heavy atom. The van der Waals surface area contributed by atoms with Gasteiger partial charge in [-0.1, -0.05) is 38.3 Å². The van der Waals surface area contributed by atoms with E-state index in [-0.39, 0.29) is 11.3 Å². The van der Waals surface area contributed by atoms with E-state index < -0.39 is 11.9 Å². The second-order valence-electron chi connectivity index (χ2n) is 6.32. The number of phenols is 1. The number of ether oxygens (including phenoxy) is 3. The van der Waals surface area contributed by atoms with Crippen LogP contribution in [-0.4, -0.2) is 42.5 Å². The van der Waals surface area contributed by atoms with Crippen molar-refractivity contribution in [3.8, 4) is 17.2 Å². The van der Waals surface area contributed by atoms with Crippen LogP contribution in [0.25, 0.3) is 0 Å². The third-order valence-electron chi connectivity index (χ3n) is 4.06. The number of phenolic OH excluding ortho intramolecular Hbond substituents is 1. The van der Waals surface area contributed by atoms with Crippen molar-refractivity contribution in [1.82, 2.24) is 0 Å². The van der Waals surface area contributed by atoms with Crippen LogP contribution in [-0.2, 0) is 4.74 Å². The predicted molar refractivity (Wildman–Crippen MR) is 114 cm³/mol. The first-order valence-electron chi connectivity index (χ1n) is 9.93. The van der Waals surface area contributed by atoms with Crippen molar-refractivity contribution in [2.45, 2.75) is 39.5 Å². The summed E-state index contributed by atoms with van der Waals surface area (Å²) in [6, 6.07) is 11.1. The monoisotopic (exact) mass is 418 g/mol. The van der Waals surface area contributed by atoms with Crippen molar-refractivity contribution in [3.63, 3.8) is 0 Å². The van der Waals surface area contributed by atoms with Crippen LogP contribution >= 0.6 is 0 Å². The molecule has 164 valence electrons. The molecule has 0 spiro atoms. The summed E-state index contributed by atoms with van der Waals surface area (Å²) in [5.74, 6) is -0.663. The number of carboxylic acids is 1. The molecule has 2 aromatic rings. The highest BCUT2D eigenvalue weighted by Gasteiger charge is 2.10. The lowest BCUT2D eigenvalue weighted by atomic mass is 10.2. The topological polar surface area (TPSA) is 102 Å². The Labute approximate surface area is 177 Å². The van der Waals surface area contributed by atoms with Gasteiger partial charge < -0.3 is 24.4 Å². The lowest BCUT2D eigenvalue weighted by Gasteiger charge is -2.07. The molecule has 0 bridgehead atoms. The summed E-state index contributed by atoms with van der Waals surface area (Å²) < 4.78 is 15.1. The summed E-state index contributed by atoms with van der Waals surface area (Å²) in [5, 5.41) is 18.3. The fourth-order valence-corrected chi connectivity index (χ4v) is 2.52. The van der Waals surface area contributed by atoms with Gasteiger partial charge in [-0.05, 0) is 43.7 Å². The largest absolute Gasteiger partial charge is 0.504 e. The molecule has 0 saturated heterocycles. The van der Waals surface area contributed by atoms with Crippen LogP contribution in [0.3, 0.4) is 0 Å². The third kappa shape index (κ3) is 8.43. The molecule has 0 radical (unpaired) electrons. The fourth-order valence-electron chi connectivity index (χ4n) is 2.52. The van der Waals surface area contributed by atoms with E-state index in [4.69, 9.17) is 19.3 Å². The van der Waals surface area contributed by atoms with Crippen molar-refractivity contribution in [1.29, 1.82) is 0 Å². The number of carbonyl (C=O) groups excluding carboxylic acids is 1. The molecular weight excluding hydrogens is 388 g/mol. The van der Waals surface area contributed by atoms with Crippen LogP contribution in [0.1, 0.15) is 60.2 Å². The van der Waals surface area contributed by atoms with Crippen molar-refractivity contribution in [2.24, 2.45) is 0 Å². The molecule has 2 aromatic carbocycles. The molecule has 0 aromatic heterocycles. The Hall–Kier alpha value is -3.22. The highest BCUT2D eigenvalue weighted by molar-refractivity contribution is 5.91. The number of hydrogen-bond acceptors (Lipinski definition) is 6. The normalized spacial score (nSPS) is 9.83. The summed E-state index contributed by atoms with van der Waals surface area (Å²) in [4.78, 5) is 22.3. The predicted octanol–water partition coefficient (Wildman–Crippen LogP) is 4.92. The van der Waals surface area contributed by atoms with E-state index in [1.54, 1.807) is 30.3 Å². The average Bonchev–Trinajstić information content (AvgIpc) is 2.74. The molecular formula is C23H30O7. The summed E-state index contributed by atoms with van der Waals surface area (Å²) >= 11 is 0. The van der Waals surface area contributed by atoms with Crippen LogP contribution in [0, 0.1) is 0 Å². The van der Waals surface area contributed by atoms with E-state index in [0.29, 0.717) is 30.3 Å². The molecule has 0 saturated carbocycles.